The lowest BCUT2D eigenvalue weighted by atomic mass is 9.91. The molecule has 0 radical (unpaired) electrons. The van der Waals surface area contributed by atoms with Gasteiger partial charge in [-0.2, -0.15) is 0 Å². The minimum Gasteiger partial charge on any atom is -0.471 e. The highest BCUT2D eigenvalue weighted by Crippen LogP contribution is 2.33. The van der Waals surface area contributed by atoms with Crippen molar-refractivity contribution >= 4 is 5.91 Å². The molecule has 2 atom stereocenters. The Morgan fingerprint density at radius 2 is 2.08 bits per heavy atom. The summed E-state index contributed by atoms with van der Waals surface area (Å²) in [6, 6.07) is 12.1. The third kappa shape index (κ3) is 4.43. The van der Waals surface area contributed by atoms with Gasteiger partial charge in [0.25, 0.3) is 5.91 Å². The van der Waals surface area contributed by atoms with E-state index in [1.54, 1.807) is 6.20 Å². The van der Waals surface area contributed by atoms with Crippen LogP contribution in [0.1, 0.15) is 61.5 Å². The van der Waals surface area contributed by atoms with Gasteiger partial charge in [-0.25, -0.2) is 4.98 Å². The average Bonchev–Trinajstić information content (AvgIpc) is 2.72. The SMILES string of the molecule is CC1Cc2cc(C(=O)NC[C@H](C)c3ccccc3)cnc2OC(C)(C)C1. The number of fused-ring (bicyclic) bond motifs is 1. The van der Waals surface area contributed by atoms with Crippen molar-refractivity contribution in [2.24, 2.45) is 5.92 Å². The third-order valence-electron chi connectivity index (χ3n) is 4.91. The van der Waals surface area contributed by atoms with E-state index in [9.17, 15) is 4.79 Å². The first-order chi connectivity index (χ1) is 12.3. The van der Waals surface area contributed by atoms with Crippen molar-refractivity contribution in [2.45, 2.75) is 52.1 Å². The van der Waals surface area contributed by atoms with E-state index in [-0.39, 0.29) is 17.4 Å². The van der Waals surface area contributed by atoms with Gasteiger partial charge in [-0.05, 0) is 50.2 Å². The molecular weight excluding hydrogens is 324 g/mol. The van der Waals surface area contributed by atoms with Gasteiger partial charge in [0.1, 0.15) is 5.60 Å². The van der Waals surface area contributed by atoms with Crippen LogP contribution < -0.4 is 10.1 Å². The summed E-state index contributed by atoms with van der Waals surface area (Å²) in [6.07, 6.45) is 3.47. The van der Waals surface area contributed by atoms with E-state index < -0.39 is 0 Å². The first-order valence-electron chi connectivity index (χ1n) is 9.35. The second kappa shape index (κ2) is 7.48. The van der Waals surface area contributed by atoms with Crippen molar-refractivity contribution < 1.29 is 9.53 Å². The fraction of sp³-hybridized carbons (Fsp3) is 0.455. The van der Waals surface area contributed by atoms with Crippen LogP contribution in [0.4, 0.5) is 0 Å². The molecule has 1 N–H and O–H groups in total. The molecule has 1 aromatic heterocycles. The zero-order valence-corrected chi connectivity index (χ0v) is 16.1. The maximum atomic E-state index is 12.6. The third-order valence-corrected chi connectivity index (χ3v) is 4.91. The quantitative estimate of drug-likeness (QED) is 0.890. The number of carbonyl (C=O) groups is 1. The molecular formula is C22H28N2O2. The Bertz CT molecular complexity index is 771. The molecule has 26 heavy (non-hydrogen) atoms. The minimum absolute atomic E-state index is 0.0840. The summed E-state index contributed by atoms with van der Waals surface area (Å²) in [5, 5.41) is 3.03. The van der Waals surface area contributed by atoms with Gasteiger partial charge in [-0.15, -0.1) is 0 Å². The molecule has 0 aliphatic carbocycles. The molecule has 4 heteroatoms. The van der Waals surface area contributed by atoms with Crippen molar-refractivity contribution in [1.82, 2.24) is 10.3 Å². The molecule has 1 aliphatic heterocycles. The van der Waals surface area contributed by atoms with Crippen molar-refractivity contribution in [2.75, 3.05) is 6.54 Å². The number of hydrogen-bond donors (Lipinski definition) is 1. The number of hydrogen-bond acceptors (Lipinski definition) is 3. The second-order valence-electron chi connectivity index (χ2n) is 8.09. The number of benzene rings is 1. The van der Waals surface area contributed by atoms with Crippen molar-refractivity contribution in [3.63, 3.8) is 0 Å². The van der Waals surface area contributed by atoms with E-state index >= 15 is 0 Å². The Balaban J connectivity index is 1.69. The molecule has 1 amide bonds. The smallest absolute Gasteiger partial charge is 0.252 e. The number of ether oxygens (including phenoxy) is 1. The van der Waals surface area contributed by atoms with Gasteiger partial charge in [-0.1, -0.05) is 44.2 Å². The first-order valence-corrected chi connectivity index (χ1v) is 9.35. The van der Waals surface area contributed by atoms with Crippen molar-refractivity contribution in [1.29, 1.82) is 0 Å². The predicted molar refractivity (Wildman–Crippen MR) is 104 cm³/mol. The van der Waals surface area contributed by atoms with Gasteiger partial charge in [0.15, 0.2) is 0 Å². The number of pyridine rings is 1. The summed E-state index contributed by atoms with van der Waals surface area (Å²) in [4.78, 5) is 17.0. The number of amides is 1. The van der Waals surface area contributed by atoms with Crippen LogP contribution in [0.3, 0.4) is 0 Å². The van der Waals surface area contributed by atoms with Crippen molar-refractivity contribution in [3.05, 3.63) is 59.3 Å². The maximum absolute atomic E-state index is 12.6. The van der Waals surface area contributed by atoms with Crippen LogP contribution in [0.2, 0.25) is 0 Å². The Labute approximate surface area is 156 Å². The lowest BCUT2D eigenvalue weighted by molar-refractivity contribution is 0.0860. The fourth-order valence-corrected chi connectivity index (χ4v) is 3.70. The van der Waals surface area contributed by atoms with Gasteiger partial charge >= 0.3 is 0 Å². The Kier molecular flexibility index (Phi) is 5.30. The molecule has 4 nitrogen and oxygen atoms in total. The molecule has 0 saturated carbocycles. The summed E-state index contributed by atoms with van der Waals surface area (Å²) in [5.74, 6) is 1.33. The van der Waals surface area contributed by atoms with Gasteiger partial charge in [0, 0.05) is 18.3 Å². The number of nitrogens with one attached hydrogen (secondary N) is 1. The monoisotopic (exact) mass is 352 g/mol. The van der Waals surface area contributed by atoms with Crippen LogP contribution >= 0.6 is 0 Å². The largest absolute Gasteiger partial charge is 0.471 e. The lowest BCUT2D eigenvalue weighted by Gasteiger charge is -2.25. The molecule has 3 rings (SSSR count). The standard InChI is InChI=1S/C22H28N2O2/c1-15-10-18-11-19(14-24-21(18)26-22(3,4)12-15)20(25)23-13-16(2)17-8-6-5-7-9-17/h5-9,11,14-16H,10,12-13H2,1-4H3,(H,23,25)/t15?,16-/m0/s1. The molecule has 0 bridgehead atoms. The van der Waals surface area contributed by atoms with E-state index in [0.29, 0.717) is 23.9 Å². The number of nitrogens with zero attached hydrogens (tertiary/aromatic N) is 1. The van der Waals surface area contributed by atoms with E-state index in [4.69, 9.17) is 4.74 Å². The van der Waals surface area contributed by atoms with E-state index in [2.05, 4.69) is 50.1 Å². The van der Waals surface area contributed by atoms with Crippen LogP contribution in [0.5, 0.6) is 5.88 Å². The summed E-state index contributed by atoms with van der Waals surface area (Å²) in [6.45, 7) is 9.11. The maximum Gasteiger partial charge on any atom is 0.252 e. The topological polar surface area (TPSA) is 51.2 Å². The van der Waals surface area contributed by atoms with E-state index in [1.807, 2.05) is 24.3 Å². The highest BCUT2D eigenvalue weighted by molar-refractivity contribution is 5.94. The molecule has 1 aromatic carbocycles. The van der Waals surface area contributed by atoms with Gasteiger partial charge in [0.05, 0.1) is 5.56 Å². The Morgan fingerprint density at radius 1 is 1.35 bits per heavy atom. The lowest BCUT2D eigenvalue weighted by Crippen LogP contribution is -2.29. The first kappa shape index (κ1) is 18.4. The minimum atomic E-state index is -0.230. The molecule has 0 fully saturated rings. The number of aromatic nitrogens is 1. The molecule has 2 aromatic rings. The number of rotatable bonds is 4. The zero-order chi connectivity index (χ0) is 18.7. The molecule has 0 spiro atoms. The van der Waals surface area contributed by atoms with Gasteiger partial charge in [0.2, 0.25) is 5.88 Å². The normalized spacial score (nSPS) is 19.6. The van der Waals surface area contributed by atoms with Crippen molar-refractivity contribution in [3.8, 4) is 5.88 Å². The van der Waals surface area contributed by atoms with Gasteiger partial charge in [-0.3, -0.25) is 4.79 Å². The summed E-state index contributed by atoms with van der Waals surface area (Å²) in [5.41, 5.74) is 2.61. The molecule has 1 aliphatic rings. The summed E-state index contributed by atoms with van der Waals surface area (Å²) >= 11 is 0. The van der Waals surface area contributed by atoms with Crippen LogP contribution in [0.15, 0.2) is 42.6 Å². The second-order valence-corrected chi connectivity index (χ2v) is 8.09. The molecule has 0 saturated heterocycles. The van der Waals surface area contributed by atoms with Crippen LogP contribution in [-0.4, -0.2) is 23.0 Å². The molecule has 2 heterocycles. The van der Waals surface area contributed by atoms with Gasteiger partial charge < -0.3 is 10.1 Å². The van der Waals surface area contributed by atoms with E-state index in [0.717, 1.165) is 18.4 Å². The number of carbonyl (C=O) groups excluding carboxylic acids is 1. The van der Waals surface area contributed by atoms with Crippen LogP contribution in [-0.2, 0) is 6.42 Å². The van der Waals surface area contributed by atoms with Crippen LogP contribution in [0.25, 0.3) is 0 Å². The Morgan fingerprint density at radius 3 is 2.81 bits per heavy atom. The van der Waals surface area contributed by atoms with Crippen LogP contribution in [0, 0.1) is 5.92 Å². The highest BCUT2D eigenvalue weighted by atomic mass is 16.5. The molecule has 1 unspecified atom stereocenters. The Hall–Kier alpha value is -2.36. The summed E-state index contributed by atoms with van der Waals surface area (Å²) < 4.78 is 6.06. The average molecular weight is 352 g/mol. The zero-order valence-electron chi connectivity index (χ0n) is 16.1. The predicted octanol–water partition coefficient (Wildman–Crippen LogP) is 4.35. The fourth-order valence-electron chi connectivity index (χ4n) is 3.70. The molecule has 138 valence electrons. The van der Waals surface area contributed by atoms with E-state index in [1.165, 1.54) is 5.56 Å². The summed E-state index contributed by atoms with van der Waals surface area (Å²) in [7, 11) is 0. The highest BCUT2D eigenvalue weighted by Gasteiger charge is 2.29.